The molecule has 152 valence electrons. The Morgan fingerprint density at radius 2 is 1.70 bits per heavy atom. The number of nitrogens with zero attached hydrogens (tertiary/aromatic N) is 1. The van der Waals surface area contributed by atoms with Gasteiger partial charge in [0.2, 0.25) is 5.91 Å². The van der Waals surface area contributed by atoms with Crippen LogP contribution in [0.2, 0.25) is 15.1 Å². The number of hydrogen-bond donors (Lipinski definition) is 1. The van der Waals surface area contributed by atoms with Crippen LogP contribution in [-0.4, -0.2) is 18.4 Å². The van der Waals surface area contributed by atoms with Gasteiger partial charge in [-0.3, -0.25) is 9.59 Å². The van der Waals surface area contributed by atoms with Crippen LogP contribution in [0.3, 0.4) is 0 Å². The van der Waals surface area contributed by atoms with Crippen LogP contribution in [0.25, 0.3) is 11.1 Å². The van der Waals surface area contributed by atoms with Crippen LogP contribution in [0.1, 0.15) is 32.7 Å². The zero-order valence-corrected chi connectivity index (χ0v) is 18.1. The third kappa shape index (κ3) is 3.91. The highest BCUT2D eigenvalue weighted by molar-refractivity contribution is 6.37. The Labute approximate surface area is 189 Å². The summed E-state index contributed by atoms with van der Waals surface area (Å²) in [6.45, 7) is 0.599. The molecule has 7 heteroatoms. The highest BCUT2D eigenvalue weighted by Gasteiger charge is 2.25. The molecule has 3 aromatic rings. The van der Waals surface area contributed by atoms with Crippen LogP contribution >= 0.6 is 34.8 Å². The van der Waals surface area contributed by atoms with Crippen LogP contribution in [0.5, 0.6) is 0 Å². The van der Waals surface area contributed by atoms with Crippen molar-refractivity contribution >= 4 is 52.3 Å². The van der Waals surface area contributed by atoms with Gasteiger partial charge in [-0.25, -0.2) is 0 Å². The normalized spacial score (nSPS) is 13.1. The summed E-state index contributed by atoms with van der Waals surface area (Å²) in [7, 11) is 0. The van der Waals surface area contributed by atoms with Crippen molar-refractivity contribution < 1.29 is 9.59 Å². The number of fused-ring (bicyclic) bond motifs is 1. The van der Waals surface area contributed by atoms with Crippen LogP contribution in [0, 0.1) is 0 Å². The molecule has 1 aliphatic rings. The lowest BCUT2D eigenvalue weighted by molar-refractivity contribution is 0.0981. The maximum Gasteiger partial charge on any atom is 0.259 e. The molecule has 0 atom stereocenters. The Bertz CT molecular complexity index is 1180. The number of anilines is 1. The first-order valence-corrected chi connectivity index (χ1v) is 10.5. The van der Waals surface area contributed by atoms with Gasteiger partial charge in [0.15, 0.2) is 0 Å². The van der Waals surface area contributed by atoms with Gasteiger partial charge in [0.1, 0.15) is 0 Å². The van der Waals surface area contributed by atoms with E-state index < -0.39 is 5.91 Å². The molecule has 1 heterocycles. The molecular formula is C23H17Cl3N2O2. The van der Waals surface area contributed by atoms with E-state index >= 15 is 0 Å². The minimum Gasteiger partial charge on any atom is -0.366 e. The number of nitrogens with two attached hydrogens (primary N) is 1. The number of carbonyl (C=O) groups is 2. The molecule has 4 rings (SSSR count). The summed E-state index contributed by atoms with van der Waals surface area (Å²) in [4.78, 5) is 26.4. The van der Waals surface area contributed by atoms with Gasteiger partial charge < -0.3 is 10.6 Å². The quantitative estimate of drug-likeness (QED) is 0.521. The maximum atomic E-state index is 13.1. The Hall–Kier alpha value is -2.53. The van der Waals surface area contributed by atoms with Gasteiger partial charge in [-0.2, -0.15) is 0 Å². The fourth-order valence-corrected chi connectivity index (χ4v) is 4.40. The number of amides is 2. The second-order valence-corrected chi connectivity index (χ2v) is 8.34. The first-order valence-electron chi connectivity index (χ1n) is 9.34. The fraction of sp³-hybridized carbons (Fsp3) is 0.130. The summed E-state index contributed by atoms with van der Waals surface area (Å²) < 4.78 is 0. The summed E-state index contributed by atoms with van der Waals surface area (Å²) in [5, 5.41) is 1.33. The molecule has 0 aromatic heterocycles. The second-order valence-electron chi connectivity index (χ2n) is 7.09. The third-order valence-corrected chi connectivity index (χ3v) is 6.04. The van der Waals surface area contributed by atoms with E-state index in [-0.39, 0.29) is 5.91 Å². The van der Waals surface area contributed by atoms with Gasteiger partial charge in [0.05, 0.1) is 10.6 Å². The smallest absolute Gasteiger partial charge is 0.259 e. The largest absolute Gasteiger partial charge is 0.366 e. The van der Waals surface area contributed by atoms with Crippen LogP contribution in [-0.2, 0) is 6.42 Å². The zero-order valence-electron chi connectivity index (χ0n) is 15.8. The average Bonchev–Trinajstić information content (AvgIpc) is 2.72. The van der Waals surface area contributed by atoms with Crippen molar-refractivity contribution in [1.82, 2.24) is 0 Å². The summed E-state index contributed by atoms with van der Waals surface area (Å²) in [6, 6.07) is 15.6. The maximum absolute atomic E-state index is 13.1. The van der Waals surface area contributed by atoms with E-state index in [9.17, 15) is 9.59 Å². The minimum absolute atomic E-state index is 0.167. The molecule has 3 aromatic carbocycles. The molecule has 0 bridgehead atoms. The van der Waals surface area contributed by atoms with Crippen molar-refractivity contribution in [3.8, 4) is 11.1 Å². The predicted octanol–water partition coefficient (Wildman–Crippen LogP) is 6.01. The Morgan fingerprint density at radius 3 is 2.43 bits per heavy atom. The van der Waals surface area contributed by atoms with E-state index in [0.717, 1.165) is 35.2 Å². The lowest BCUT2D eigenvalue weighted by Gasteiger charge is -2.30. The van der Waals surface area contributed by atoms with Gasteiger partial charge in [-0.15, -0.1) is 0 Å². The topological polar surface area (TPSA) is 63.4 Å². The van der Waals surface area contributed by atoms with Crippen molar-refractivity contribution in [3.63, 3.8) is 0 Å². The summed E-state index contributed by atoms with van der Waals surface area (Å²) >= 11 is 18.6. The van der Waals surface area contributed by atoms with Gasteiger partial charge in [0, 0.05) is 33.4 Å². The predicted molar refractivity (Wildman–Crippen MR) is 122 cm³/mol. The van der Waals surface area contributed by atoms with E-state index in [1.165, 1.54) is 0 Å². The molecule has 1 aliphatic heterocycles. The van der Waals surface area contributed by atoms with Crippen LogP contribution < -0.4 is 10.6 Å². The first-order chi connectivity index (χ1) is 14.3. The van der Waals surface area contributed by atoms with Gasteiger partial charge >= 0.3 is 0 Å². The van der Waals surface area contributed by atoms with Crippen LogP contribution in [0.4, 0.5) is 5.69 Å². The number of benzene rings is 3. The third-order valence-electron chi connectivity index (χ3n) is 5.17. The fourth-order valence-electron chi connectivity index (χ4n) is 3.68. The van der Waals surface area contributed by atoms with E-state index in [1.807, 2.05) is 18.2 Å². The highest BCUT2D eigenvalue weighted by atomic mass is 35.5. The van der Waals surface area contributed by atoms with E-state index in [1.54, 1.807) is 41.3 Å². The standard InChI is InChI=1S/C23H17Cl3N2O2/c24-16-5-6-17(20(26)12-16)23(30)28-9-1-2-14-10-13(4-8-21(14)28)18-11-15(22(27)29)3-7-19(18)25/h3-8,10-12H,1-2,9H2,(H2,27,29). The average molecular weight is 460 g/mol. The van der Waals surface area contributed by atoms with Gasteiger partial charge in [0.25, 0.3) is 5.91 Å². The number of primary amides is 1. The second kappa shape index (κ2) is 8.31. The van der Waals surface area contributed by atoms with Crippen molar-refractivity contribution in [1.29, 1.82) is 0 Å². The molecule has 0 radical (unpaired) electrons. The molecule has 0 saturated carbocycles. The molecule has 0 unspecified atom stereocenters. The van der Waals surface area contributed by atoms with E-state index in [4.69, 9.17) is 40.5 Å². The van der Waals surface area contributed by atoms with E-state index in [2.05, 4.69) is 0 Å². The number of rotatable bonds is 3. The van der Waals surface area contributed by atoms with Gasteiger partial charge in [-0.1, -0.05) is 40.9 Å². The molecule has 0 saturated heterocycles. The van der Waals surface area contributed by atoms with Gasteiger partial charge in [-0.05, 0) is 72.5 Å². The summed E-state index contributed by atoms with van der Waals surface area (Å²) in [5.41, 5.74) is 9.65. The van der Waals surface area contributed by atoms with Crippen molar-refractivity contribution in [2.45, 2.75) is 12.8 Å². The Kier molecular flexibility index (Phi) is 5.74. The SMILES string of the molecule is NC(=O)c1ccc(Cl)c(-c2ccc3c(c2)CCCN3C(=O)c2ccc(Cl)cc2Cl)c1. The summed E-state index contributed by atoms with van der Waals surface area (Å²) in [6.07, 6.45) is 1.65. The first kappa shape index (κ1) is 20.7. The summed E-state index contributed by atoms with van der Waals surface area (Å²) in [5.74, 6) is -0.679. The minimum atomic E-state index is -0.512. The number of hydrogen-bond acceptors (Lipinski definition) is 2. The number of aryl methyl sites for hydroxylation is 1. The number of halogens is 3. The van der Waals surface area contributed by atoms with Crippen molar-refractivity contribution in [3.05, 3.63) is 86.4 Å². The lowest BCUT2D eigenvalue weighted by atomic mass is 9.95. The number of carbonyl (C=O) groups excluding carboxylic acids is 2. The van der Waals surface area contributed by atoms with Crippen molar-refractivity contribution in [2.24, 2.45) is 5.73 Å². The molecule has 4 nitrogen and oxygen atoms in total. The molecule has 0 spiro atoms. The highest BCUT2D eigenvalue weighted by Crippen LogP contribution is 2.36. The van der Waals surface area contributed by atoms with E-state index in [0.29, 0.717) is 32.7 Å². The Morgan fingerprint density at radius 1 is 0.900 bits per heavy atom. The molecule has 0 fully saturated rings. The molecule has 0 aliphatic carbocycles. The monoisotopic (exact) mass is 458 g/mol. The molecule has 30 heavy (non-hydrogen) atoms. The van der Waals surface area contributed by atoms with Crippen molar-refractivity contribution in [2.75, 3.05) is 11.4 Å². The van der Waals surface area contributed by atoms with Crippen LogP contribution in [0.15, 0.2) is 54.6 Å². The lowest BCUT2D eigenvalue weighted by Crippen LogP contribution is -2.35. The zero-order chi connectivity index (χ0) is 21.4. The Balaban J connectivity index is 1.72. The molecule has 2 amide bonds. The molecular weight excluding hydrogens is 443 g/mol. The molecule has 2 N–H and O–H groups in total.